The SMILES string of the molecule is CC(C)C(NC(=O)C(CS)NC(=O)C(N)Cc1cnc[nH]1)C(=O)NC(Cc1ccccc1)C(=O)O. The van der Waals surface area contributed by atoms with Crippen molar-refractivity contribution in [2.45, 2.75) is 50.9 Å². The summed E-state index contributed by atoms with van der Waals surface area (Å²) in [5.41, 5.74) is 7.33. The Hall–Kier alpha value is -3.38. The van der Waals surface area contributed by atoms with Gasteiger partial charge in [-0.2, -0.15) is 12.6 Å². The number of nitrogens with two attached hydrogens (primary N) is 1. The number of aliphatic carboxylic acids is 1. The number of nitrogens with zero attached hydrogens (tertiary/aromatic N) is 1. The van der Waals surface area contributed by atoms with Crippen LogP contribution in [0, 0.1) is 5.92 Å². The summed E-state index contributed by atoms with van der Waals surface area (Å²) in [5, 5.41) is 17.2. The molecule has 12 heteroatoms. The number of aromatic nitrogens is 2. The molecule has 4 unspecified atom stereocenters. The Bertz CT molecular complexity index is 986. The number of rotatable bonds is 13. The Labute approximate surface area is 209 Å². The van der Waals surface area contributed by atoms with Gasteiger partial charge >= 0.3 is 5.97 Å². The van der Waals surface area contributed by atoms with Gasteiger partial charge in [-0.3, -0.25) is 14.4 Å². The van der Waals surface area contributed by atoms with Crippen molar-refractivity contribution in [2.24, 2.45) is 11.7 Å². The average Bonchev–Trinajstić information content (AvgIpc) is 3.33. The van der Waals surface area contributed by atoms with Crippen LogP contribution >= 0.6 is 12.6 Å². The Morgan fingerprint density at radius 1 is 1.00 bits per heavy atom. The van der Waals surface area contributed by atoms with E-state index in [1.807, 2.05) is 6.07 Å². The van der Waals surface area contributed by atoms with Crippen LogP contribution in [0.25, 0.3) is 0 Å². The summed E-state index contributed by atoms with van der Waals surface area (Å²) in [6, 6.07) is 4.71. The highest BCUT2D eigenvalue weighted by Gasteiger charge is 2.31. The minimum atomic E-state index is -1.19. The largest absolute Gasteiger partial charge is 0.480 e. The summed E-state index contributed by atoms with van der Waals surface area (Å²) in [6.45, 7) is 3.43. The highest BCUT2D eigenvalue weighted by Crippen LogP contribution is 2.07. The molecule has 0 bridgehead atoms. The van der Waals surface area contributed by atoms with E-state index in [2.05, 4.69) is 38.5 Å². The molecule has 1 aromatic carbocycles. The lowest BCUT2D eigenvalue weighted by molar-refractivity contribution is -0.142. The van der Waals surface area contributed by atoms with Crippen molar-refractivity contribution in [2.75, 3.05) is 5.75 Å². The van der Waals surface area contributed by atoms with Crippen molar-refractivity contribution in [1.29, 1.82) is 0 Å². The standard InChI is InChI=1S/C23H32N6O5S/c1-13(2)19(22(32)27-17(23(33)34)8-14-6-4-3-5-7-14)29-21(31)18(11-35)28-20(30)16(24)9-15-10-25-12-26-15/h3-7,10,12-13,16-19,35H,8-9,11,24H2,1-2H3,(H,25,26)(H,27,32)(H,28,30)(H,29,31)(H,33,34). The molecular weight excluding hydrogens is 472 g/mol. The molecule has 11 nitrogen and oxygen atoms in total. The molecule has 190 valence electrons. The van der Waals surface area contributed by atoms with Crippen LogP contribution in [0.15, 0.2) is 42.9 Å². The second kappa shape index (κ2) is 13.5. The summed E-state index contributed by atoms with van der Waals surface area (Å²) < 4.78 is 0. The van der Waals surface area contributed by atoms with E-state index in [9.17, 15) is 24.3 Å². The highest BCUT2D eigenvalue weighted by atomic mass is 32.1. The van der Waals surface area contributed by atoms with Gasteiger partial charge in [0.15, 0.2) is 0 Å². The number of thiol groups is 1. The van der Waals surface area contributed by atoms with E-state index in [1.165, 1.54) is 6.33 Å². The summed E-state index contributed by atoms with van der Waals surface area (Å²) in [6.07, 6.45) is 3.30. The molecule has 4 atom stereocenters. The summed E-state index contributed by atoms with van der Waals surface area (Å²) in [4.78, 5) is 56.7. The van der Waals surface area contributed by atoms with Crippen molar-refractivity contribution in [3.05, 3.63) is 54.1 Å². The maximum Gasteiger partial charge on any atom is 0.326 e. The maximum atomic E-state index is 12.9. The Morgan fingerprint density at radius 3 is 2.20 bits per heavy atom. The van der Waals surface area contributed by atoms with Gasteiger partial charge < -0.3 is 31.8 Å². The molecule has 0 saturated carbocycles. The van der Waals surface area contributed by atoms with Crippen LogP contribution < -0.4 is 21.7 Å². The molecule has 2 aromatic rings. The number of H-pyrrole nitrogens is 1. The van der Waals surface area contributed by atoms with Crippen molar-refractivity contribution in [3.8, 4) is 0 Å². The van der Waals surface area contributed by atoms with E-state index >= 15 is 0 Å². The molecule has 3 amide bonds. The molecule has 0 radical (unpaired) electrons. The predicted molar refractivity (Wildman–Crippen MR) is 133 cm³/mol. The minimum absolute atomic E-state index is 0.0352. The molecule has 0 aliphatic heterocycles. The van der Waals surface area contributed by atoms with E-state index in [1.54, 1.807) is 44.3 Å². The van der Waals surface area contributed by atoms with Crippen molar-refractivity contribution in [3.63, 3.8) is 0 Å². The summed E-state index contributed by atoms with van der Waals surface area (Å²) in [7, 11) is 0. The fourth-order valence-electron chi connectivity index (χ4n) is 3.30. The second-order valence-corrected chi connectivity index (χ2v) is 8.82. The number of carbonyl (C=O) groups excluding carboxylic acids is 3. The molecule has 0 aliphatic carbocycles. The quantitative estimate of drug-likeness (QED) is 0.182. The lowest BCUT2D eigenvalue weighted by Crippen LogP contribution is -2.59. The monoisotopic (exact) mass is 504 g/mol. The van der Waals surface area contributed by atoms with E-state index in [-0.39, 0.29) is 24.5 Å². The van der Waals surface area contributed by atoms with Crippen LogP contribution in [0.4, 0.5) is 0 Å². The zero-order valence-electron chi connectivity index (χ0n) is 19.6. The van der Waals surface area contributed by atoms with Gasteiger partial charge in [0.1, 0.15) is 18.1 Å². The van der Waals surface area contributed by atoms with Gasteiger partial charge in [-0.15, -0.1) is 0 Å². The van der Waals surface area contributed by atoms with E-state index in [0.29, 0.717) is 5.69 Å². The molecule has 35 heavy (non-hydrogen) atoms. The lowest BCUT2D eigenvalue weighted by Gasteiger charge is -2.26. The normalized spacial score (nSPS) is 14.4. The third-order valence-electron chi connectivity index (χ3n) is 5.29. The molecule has 1 aromatic heterocycles. The van der Waals surface area contributed by atoms with Gasteiger partial charge in [0, 0.05) is 30.5 Å². The number of hydrogen-bond acceptors (Lipinski definition) is 7. The number of carbonyl (C=O) groups is 4. The van der Waals surface area contributed by atoms with Crippen LogP contribution in [-0.2, 0) is 32.0 Å². The Morgan fingerprint density at radius 2 is 1.66 bits per heavy atom. The van der Waals surface area contributed by atoms with Crippen LogP contribution in [0.5, 0.6) is 0 Å². The topological polar surface area (TPSA) is 179 Å². The van der Waals surface area contributed by atoms with Gasteiger partial charge in [-0.25, -0.2) is 9.78 Å². The first-order valence-corrected chi connectivity index (χ1v) is 11.8. The molecule has 0 aliphatic rings. The van der Waals surface area contributed by atoms with Gasteiger partial charge in [-0.05, 0) is 11.5 Å². The zero-order valence-corrected chi connectivity index (χ0v) is 20.5. The van der Waals surface area contributed by atoms with Crippen molar-refractivity contribution < 1.29 is 24.3 Å². The van der Waals surface area contributed by atoms with Crippen LogP contribution in [0.2, 0.25) is 0 Å². The van der Waals surface area contributed by atoms with Crippen LogP contribution in [0.1, 0.15) is 25.1 Å². The average molecular weight is 505 g/mol. The van der Waals surface area contributed by atoms with Crippen molar-refractivity contribution >= 4 is 36.3 Å². The number of hydrogen-bond donors (Lipinski definition) is 7. The molecule has 0 saturated heterocycles. The van der Waals surface area contributed by atoms with Gasteiger partial charge in [0.25, 0.3) is 0 Å². The number of imidazole rings is 1. The minimum Gasteiger partial charge on any atom is -0.480 e. The van der Waals surface area contributed by atoms with E-state index in [4.69, 9.17) is 5.73 Å². The number of carboxylic acids is 1. The first-order chi connectivity index (χ1) is 16.6. The van der Waals surface area contributed by atoms with Gasteiger partial charge in [0.05, 0.1) is 12.4 Å². The van der Waals surface area contributed by atoms with Crippen molar-refractivity contribution in [1.82, 2.24) is 25.9 Å². The first kappa shape index (κ1) is 27.9. The summed E-state index contributed by atoms with van der Waals surface area (Å²) >= 11 is 4.14. The molecule has 0 spiro atoms. The van der Waals surface area contributed by atoms with Crippen LogP contribution in [-0.4, -0.2) is 68.7 Å². The maximum absolute atomic E-state index is 12.9. The fourth-order valence-corrected chi connectivity index (χ4v) is 3.56. The molecular formula is C23H32N6O5S. The second-order valence-electron chi connectivity index (χ2n) is 8.45. The number of nitrogens with one attached hydrogen (secondary N) is 4. The third kappa shape index (κ3) is 8.72. The zero-order chi connectivity index (χ0) is 26.0. The smallest absolute Gasteiger partial charge is 0.326 e. The first-order valence-electron chi connectivity index (χ1n) is 11.1. The molecule has 0 fully saturated rings. The van der Waals surface area contributed by atoms with Gasteiger partial charge in [-0.1, -0.05) is 44.2 Å². The Kier molecular flexibility index (Phi) is 10.7. The van der Waals surface area contributed by atoms with Crippen LogP contribution in [0.3, 0.4) is 0 Å². The number of carboxylic acid groups (broad SMARTS) is 1. The third-order valence-corrected chi connectivity index (χ3v) is 5.66. The Balaban J connectivity index is 2.01. The molecule has 7 N–H and O–H groups in total. The van der Waals surface area contributed by atoms with E-state index in [0.717, 1.165) is 5.56 Å². The lowest BCUT2D eigenvalue weighted by atomic mass is 10.0. The van der Waals surface area contributed by atoms with E-state index < -0.39 is 47.9 Å². The summed E-state index contributed by atoms with van der Waals surface area (Å²) in [5.74, 6) is -3.42. The predicted octanol–water partition coefficient (Wildman–Crippen LogP) is -0.353. The number of aromatic amines is 1. The number of amides is 3. The fraction of sp³-hybridized carbons (Fsp3) is 0.435. The highest BCUT2D eigenvalue weighted by molar-refractivity contribution is 7.80. The van der Waals surface area contributed by atoms with Gasteiger partial charge in [0.2, 0.25) is 17.7 Å². The molecule has 2 rings (SSSR count). The number of benzene rings is 1. The molecule has 1 heterocycles.